The van der Waals surface area contributed by atoms with E-state index < -0.39 is 11.6 Å². The zero-order valence-electron chi connectivity index (χ0n) is 14.7. The summed E-state index contributed by atoms with van der Waals surface area (Å²) in [7, 11) is 1.60. The van der Waals surface area contributed by atoms with E-state index in [1.165, 1.54) is 0 Å². The lowest BCUT2D eigenvalue weighted by Crippen LogP contribution is -2.29. The van der Waals surface area contributed by atoms with E-state index in [2.05, 4.69) is 9.97 Å². The van der Waals surface area contributed by atoms with Gasteiger partial charge in [0.1, 0.15) is 22.8 Å². The summed E-state index contributed by atoms with van der Waals surface area (Å²) in [6, 6.07) is 9.16. The molecule has 6 nitrogen and oxygen atoms in total. The van der Waals surface area contributed by atoms with E-state index in [1.807, 2.05) is 44.2 Å². The van der Waals surface area contributed by atoms with Crippen molar-refractivity contribution in [2.75, 3.05) is 7.11 Å². The minimum absolute atomic E-state index is 0.140. The van der Waals surface area contributed by atoms with Crippen molar-refractivity contribution in [3.63, 3.8) is 0 Å². The lowest BCUT2D eigenvalue weighted by atomic mass is 9.86. The van der Waals surface area contributed by atoms with Gasteiger partial charge in [-0.2, -0.15) is 0 Å². The normalized spacial score (nSPS) is 14.1. The molecule has 0 amide bonds. The van der Waals surface area contributed by atoms with Gasteiger partial charge in [0, 0.05) is 22.9 Å². The van der Waals surface area contributed by atoms with Crippen molar-refractivity contribution in [2.24, 2.45) is 0 Å². The van der Waals surface area contributed by atoms with Crippen molar-refractivity contribution in [3.05, 3.63) is 54.0 Å². The fraction of sp³-hybridized carbons (Fsp3) is 0.200. The number of ether oxygens (including phenoxy) is 2. The lowest BCUT2D eigenvalue weighted by Gasteiger charge is -2.33. The Labute approximate surface area is 150 Å². The minimum atomic E-state index is -1.02. The Kier molecular flexibility index (Phi) is 3.50. The second kappa shape index (κ2) is 5.62. The number of pyridine rings is 1. The zero-order chi connectivity index (χ0) is 18.5. The highest BCUT2D eigenvalue weighted by atomic mass is 16.5. The molecule has 1 aliphatic rings. The van der Waals surface area contributed by atoms with Crippen molar-refractivity contribution >= 4 is 5.97 Å². The maximum absolute atomic E-state index is 11.9. The van der Waals surface area contributed by atoms with Crippen LogP contribution in [0.3, 0.4) is 0 Å². The van der Waals surface area contributed by atoms with Crippen LogP contribution in [-0.2, 0) is 5.60 Å². The van der Waals surface area contributed by atoms with Gasteiger partial charge in [-0.3, -0.25) is 4.98 Å². The summed E-state index contributed by atoms with van der Waals surface area (Å²) in [6.07, 6.45) is 3.31. The van der Waals surface area contributed by atoms with Crippen LogP contribution < -0.4 is 9.47 Å². The molecule has 2 N–H and O–H groups in total. The van der Waals surface area contributed by atoms with E-state index in [9.17, 15) is 9.90 Å². The number of nitrogens with zero attached hydrogens (tertiary/aromatic N) is 1. The second-order valence-corrected chi connectivity index (χ2v) is 6.64. The van der Waals surface area contributed by atoms with E-state index >= 15 is 0 Å². The molecule has 0 unspecified atom stereocenters. The van der Waals surface area contributed by atoms with E-state index in [-0.39, 0.29) is 5.69 Å². The highest BCUT2D eigenvalue weighted by molar-refractivity contribution is 5.99. The molecule has 6 heteroatoms. The highest BCUT2D eigenvalue weighted by Gasteiger charge is 2.39. The molecule has 0 saturated carbocycles. The Hall–Kier alpha value is -3.28. The minimum Gasteiger partial charge on any atom is -0.497 e. The van der Waals surface area contributed by atoms with Crippen LogP contribution in [-0.4, -0.2) is 28.2 Å². The molecule has 0 saturated heterocycles. The third kappa shape index (κ3) is 2.34. The van der Waals surface area contributed by atoms with E-state index in [0.29, 0.717) is 17.1 Å². The molecular formula is C20H18N2O4. The number of aromatic nitrogens is 2. The van der Waals surface area contributed by atoms with E-state index in [1.54, 1.807) is 19.5 Å². The summed E-state index contributed by atoms with van der Waals surface area (Å²) >= 11 is 0. The molecule has 0 aliphatic carbocycles. The topological polar surface area (TPSA) is 84.4 Å². The number of nitrogens with one attached hydrogen (secondary N) is 1. The number of hydrogen-bond acceptors (Lipinski definition) is 4. The number of methoxy groups -OCH3 is 1. The first-order chi connectivity index (χ1) is 12.4. The number of carboxylic acid groups (broad SMARTS) is 1. The van der Waals surface area contributed by atoms with Crippen LogP contribution in [0.2, 0.25) is 0 Å². The molecule has 3 heterocycles. The van der Waals surface area contributed by atoms with Gasteiger partial charge in [-0.25, -0.2) is 4.79 Å². The number of rotatable bonds is 3. The summed E-state index contributed by atoms with van der Waals surface area (Å²) in [4.78, 5) is 19.2. The predicted molar refractivity (Wildman–Crippen MR) is 96.6 cm³/mol. The lowest BCUT2D eigenvalue weighted by molar-refractivity contribution is 0.0692. The maximum Gasteiger partial charge on any atom is 0.352 e. The zero-order valence-corrected chi connectivity index (χ0v) is 14.7. The average molecular weight is 350 g/mol. The first kappa shape index (κ1) is 16.2. The van der Waals surface area contributed by atoms with Crippen LogP contribution in [0.1, 0.15) is 29.9 Å². The third-order valence-electron chi connectivity index (χ3n) is 4.61. The van der Waals surface area contributed by atoms with Crippen LogP contribution in [0.4, 0.5) is 0 Å². The molecule has 3 aromatic rings. The van der Waals surface area contributed by atoms with Crippen LogP contribution in [0, 0.1) is 0 Å². The third-order valence-corrected chi connectivity index (χ3v) is 4.61. The molecule has 132 valence electrons. The largest absolute Gasteiger partial charge is 0.497 e. The number of hydrogen-bond donors (Lipinski definition) is 2. The molecular weight excluding hydrogens is 332 g/mol. The van der Waals surface area contributed by atoms with E-state index in [0.717, 1.165) is 22.4 Å². The summed E-state index contributed by atoms with van der Waals surface area (Å²) in [5.41, 5.74) is 3.21. The number of aromatic amines is 1. The van der Waals surface area contributed by atoms with Gasteiger partial charge in [0.2, 0.25) is 0 Å². The summed E-state index contributed by atoms with van der Waals surface area (Å²) in [5.74, 6) is 0.322. The van der Waals surface area contributed by atoms with Crippen molar-refractivity contribution in [3.8, 4) is 33.9 Å². The summed E-state index contributed by atoms with van der Waals surface area (Å²) in [6.45, 7) is 3.85. The molecule has 2 aromatic heterocycles. The highest BCUT2D eigenvalue weighted by Crippen LogP contribution is 2.49. The number of benzene rings is 1. The molecule has 1 aromatic carbocycles. The van der Waals surface area contributed by atoms with Crippen molar-refractivity contribution in [1.29, 1.82) is 0 Å². The number of carboxylic acids is 1. The second-order valence-electron chi connectivity index (χ2n) is 6.64. The van der Waals surface area contributed by atoms with Gasteiger partial charge in [-0.1, -0.05) is 12.1 Å². The van der Waals surface area contributed by atoms with E-state index in [4.69, 9.17) is 9.47 Å². The SMILES string of the molecule is COc1ccc(-c2c(C(=O)O)[nH]c3c2C(C)(C)Oc2cnccc2-3)cc1. The maximum atomic E-state index is 11.9. The molecule has 0 atom stereocenters. The summed E-state index contributed by atoms with van der Waals surface area (Å²) in [5, 5.41) is 9.79. The van der Waals surface area contributed by atoms with Crippen molar-refractivity contribution in [1.82, 2.24) is 9.97 Å². The van der Waals surface area contributed by atoms with Crippen molar-refractivity contribution in [2.45, 2.75) is 19.4 Å². The molecule has 0 bridgehead atoms. The first-order valence-electron chi connectivity index (χ1n) is 8.20. The number of fused-ring (bicyclic) bond motifs is 3. The van der Waals surface area contributed by atoms with Gasteiger partial charge in [0.15, 0.2) is 0 Å². The van der Waals surface area contributed by atoms with Crippen LogP contribution in [0.25, 0.3) is 22.4 Å². The fourth-order valence-corrected chi connectivity index (χ4v) is 3.50. The van der Waals surface area contributed by atoms with Gasteiger partial charge < -0.3 is 19.6 Å². The van der Waals surface area contributed by atoms with Gasteiger partial charge in [0.25, 0.3) is 0 Å². The number of H-pyrrole nitrogens is 1. The van der Waals surface area contributed by atoms with Gasteiger partial charge in [-0.05, 0) is 37.6 Å². The molecule has 4 rings (SSSR count). The summed E-state index contributed by atoms with van der Waals surface area (Å²) < 4.78 is 11.4. The predicted octanol–water partition coefficient (Wildman–Crippen LogP) is 4.08. The van der Waals surface area contributed by atoms with Crippen LogP contribution in [0.15, 0.2) is 42.7 Å². The quantitative estimate of drug-likeness (QED) is 0.743. The first-order valence-corrected chi connectivity index (χ1v) is 8.20. The number of carbonyl (C=O) groups is 1. The van der Waals surface area contributed by atoms with Crippen molar-refractivity contribution < 1.29 is 19.4 Å². The van der Waals surface area contributed by atoms with Gasteiger partial charge >= 0.3 is 5.97 Å². The average Bonchev–Trinajstić information content (AvgIpc) is 3.04. The molecule has 0 spiro atoms. The van der Waals surface area contributed by atoms with Gasteiger partial charge in [0.05, 0.1) is 19.0 Å². The molecule has 1 aliphatic heterocycles. The van der Waals surface area contributed by atoms with Crippen LogP contribution >= 0.6 is 0 Å². The molecule has 0 fully saturated rings. The van der Waals surface area contributed by atoms with Crippen LogP contribution in [0.5, 0.6) is 11.5 Å². The Bertz CT molecular complexity index is 1000. The monoisotopic (exact) mass is 350 g/mol. The number of aromatic carboxylic acids is 1. The smallest absolute Gasteiger partial charge is 0.352 e. The Morgan fingerprint density at radius 1 is 1.23 bits per heavy atom. The molecule has 26 heavy (non-hydrogen) atoms. The fourth-order valence-electron chi connectivity index (χ4n) is 3.50. The van der Waals surface area contributed by atoms with Gasteiger partial charge in [-0.15, -0.1) is 0 Å². The standard InChI is InChI=1S/C20H18N2O4/c1-20(2)16-15(11-4-6-12(25-3)7-5-11)18(19(23)24)22-17(16)13-8-9-21-10-14(13)26-20/h4-10,22H,1-3H3,(H,23,24). The Morgan fingerprint density at radius 3 is 2.62 bits per heavy atom. The Balaban J connectivity index is 2.04. The molecule has 0 radical (unpaired) electrons. The Morgan fingerprint density at radius 2 is 1.96 bits per heavy atom.